The van der Waals surface area contributed by atoms with E-state index in [0.29, 0.717) is 23.9 Å². The zero-order valence-electron chi connectivity index (χ0n) is 12.9. The maximum Gasteiger partial charge on any atom is 0.249 e. The molecule has 6 heteroatoms. The van der Waals surface area contributed by atoms with Crippen molar-refractivity contribution in [2.24, 2.45) is 0 Å². The molecule has 0 unspecified atom stereocenters. The number of benzene rings is 1. The molecule has 120 valence electrons. The van der Waals surface area contributed by atoms with E-state index in [1.165, 1.54) is 6.08 Å². The van der Waals surface area contributed by atoms with E-state index in [1.807, 2.05) is 31.2 Å². The lowest BCUT2D eigenvalue weighted by molar-refractivity contribution is -0.111. The van der Waals surface area contributed by atoms with Gasteiger partial charge in [-0.1, -0.05) is 6.07 Å². The van der Waals surface area contributed by atoms with Crippen LogP contribution in [0.4, 0.5) is 5.82 Å². The van der Waals surface area contributed by atoms with Gasteiger partial charge < -0.3 is 14.8 Å². The van der Waals surface area contributed by atoms with Crippen molar-refractivity contribution in [3.63, 3.8) is 0 Å². The van der Waals surface area contributed by atoms with Crippen LogP contribution in [-0.2, 0) is 4.79 Å². The maximum absolute atomic E-state index is 11.9. The van der Waals surface area contributed by atoms with Crippen LogP contribution in [0.1, 0.15) is 12.5 Å². The van der Waals surface area contributed by atoms with Crippen molar-refractivity contribution in [1.29, 1.82) is 0 Å². The Balaban J connectivity index is 2.04. The topological polar surface area (TPSA) is 60.5 Å². The molecule has 0 saturated carbocycles. The number of nitrogens with zero attached hydrogens (tertiary/aromatic N) is 1. The molecule has 0 aliphatic rings. The molecule has 2 aromatic rings. The zero-order chi connectivity index (χ0) is 16.7. The average Bonchev–Trinajstić information content (AvgIpc) is 2.56. The molecular formula is C17H17BrN2O3. The number of anilines is 1. The quantitative estimate of drug-likeness (QED) is 0.776. The van der Waals surface area contributed by atoms with Gasteiger partial charge in [0.15, 0.2) is 11.5 Å². The van der Waals surface area contributed by atoms with Gasteiger partial charge in [-0.15, -0.1) is 0 Å². The van der Waals surface area contributed by atoms with E-state index in [0.717, 1.165) is 10.0 Å². The lowest BCUT2D eigenvalue weighted by Crippen LogP contribution is -2.08. The number of methoxy groups -OCH3 is 1. The summed E-state index contributed by atoms with van der Waals surface area (Å²) >= 11 is 3.29. The third-order valence-corrected chi connectivity index (χ3v) is 3.36. The SMILES string of the molecule is CCOc1ccc(/C=C/C(=O)Nc2ccc(Br)cn2)cc1OC. The second kappa shape index (κ2) is 8.33. The first-order chi connectivity index (χ1) is 11.1. The smallest absolute Gasteiger partial charge is 0.249 e. The molecule has 0 aliphatic heterocycles. The molecule has 5 nitrogen and oxygen atoms in total. The van der Waals surface area contributed by atoms with Crippen molar-refractivity contribution >= 4 is 33.7 Å². The van der Waals surface area contributed by atoms with Gasteiger partial charge >= 0.3 is 0 Å². The van der Waals surface area contributed by atoms with E-state index in [1.54, 1.807) is 25.4 Å². The van der Waals surface area contributed by atoms with Crippen molar-refractivity contribution in [2.75, 3.05) is 19.0 Å². The Bertz CT molecular complexity index is 699. The van der Waals surface area contributed by atoms with Gasteiger partial charge in [-0.2, -0.15) is 0 Å². The molecule has 1 aromatic carbocycles. The van der Waals surface area contributed by atoms with Crippen LogP contribution in [0, 0.1) is 0 Å². The second-order valence-corrected chi connectivity index (χ2v) is 5.44. The highest BCUT2D eigenvalue weighted by Gasteiger charge is 2.04. The van der Waals surface area contributed by atoms with Crippen molar-refractivity contribution < 1.29 is 14.3 Å². The maximum atomic E-state index is 11.9. The van der Waals surface area contributed by atoms with E-state index >= 15 is 0 Å². The van der Waals surface area contributed by atoms with Gasteiger partial charge in [0.25, 0.3) is 0 Å². The first-order valence-corrected chi connectivity index (χ1v) is 7.83. The molecule has 0 radical (unpaired) electrons. The molecule has 1 amide bonds. The van der Waals surface area contributed by atoms with Gasteiger partial charge in [0.2, 0.25) is 5.91 Å². The van der Waals surface area contributed by atoms with Crippen LogP contribution in [0.25, 0.3) is 6.08 Å². The van der Waals surface area contributed by atoms with Gasteiger partial charge in [-0.05, 0) is 58.8 Å². The fourth-order valence-corrected chi connectivity index (χ4v) is 2.09. The van der Waals surface area contributed by atoms with Crippen LogP contribution in [0.3, 0.4) is 0 Å². The summed E-state index contributed by atoms with van der Waals surface area (Å²) in [6.07, 6.45) is 4.77. The van der Waals surface area contributed by atoms with Crippen LogP contribution in [0.5, 0.6) is 11.5 Å². The summed E-state index contributed by atoms with van der Waals surface area (Å²) in [6, 6.07) is 9.01. The minimum atomic E-state index is -0.257. The number of amides is 1. The highest BCUT2D eigenvalue weighted by atomic mass is 79.9. The van der Waals surface area contributed by atoms with Gasteiger partial charge in [0, 0.05) is 16.7 Å². The van der Waals surface area contributed by atoms with Crippen molar-refractivity contribution in [2.45, 2.75) is 6.92 Å². The Labute approximate surface area is 143 Å². The highest BCUT2D eigenvalue weighted by molar-refractivity contribution is 9.10. The van der Waals surface area contributed by atoms with Gasteiger partial charge in [0.1, 0.15) is 5.82 Å². The average molecular weight is 377 g/mol. The monoisotopic (exact) mass is 376 g/mol. The first kappa shape index (κ1) is 17.0. The van der Waals surface area contributed by atoms with Gasteiger partial charge in [-0.25, -0.2) is 4.98 Å². The minimum absolute atomic E-state index is 0.257. The molecule has 0 saturated heterocycles. The number of ether oxygens (including phenoxy) is 2. The van der Waals surface area contributed by atoms with Crippen LogP contribution < -0.4 is 14.8 Å². The van der Waals surface area contributed by atoms with Crippen LogP contribution in [0.15, 0.2) is 47.1 Å². The molecule has 0 spiro atoms. The largest absolute Gasteiger partial charge is 0.493 e. The Morgan fingerprint density at radius 3 is 2.78 bits per heavy atom. The predicted molar refractivity (Wildman–Crippen MR) is 93.8 cm³/mol. The molecule has 23 heavy (non-hydrogen) atoms. The fraction of sp³-hybridized carbons (Fsp3) is 0.176. The van der Waals surface area contributed by atoms with E-state index in [9.17, 15) is 4.79 Å². The third-order valence-electron chi connectivity index (χ3n) is 2.89. The summed E-state index contributed by atoms with van der Waals surface area (Å²) in [5.74, 6) is 1.54. The normalized spacial score (nSPS) is 10.6. The van der Waals surface area contributed by atoms with Crippen molar-refractivity contribution in [3.8, 4) is 11.5 Å². The standard InChI is InChI=1S/C17H17BrN2O3/c1-3-23-14-7-4-12(10-15(14)22-2)5-9-17(21)20-16-8-6-13(18)11-19-16/h4-11H,3H2,1-2H3,(H,19,20,21)/b9-5+. The van der Waals surface area contributed by atoms with Crippen LogP contribution in [0.2, 0.25) is 0 Å². The zero-order valence-corrected chi connectivity index (χ0v) is 14.5. The highest BCUT2D eigenvalue weighted by Crippen LogP contribution is 2.28. The number of hydrogen-bond acceptors (Lipinski definition) is 4. The molecular weight excluding hydrogens is 360 g/mol. The predicted octanol–water partition coefficient (Wildman–Crippen LogP) is 3.90. The van der Waals surface area contributed by atoms with E-state index < -0.39 is 0 Å². The number of rotatable bonds is 6. The van der Waals surface area contributed by atoms with Crippen LogP contribution >= 0.6 is 15.9 Å². The Morgan fingerprint density at radius 2 is 2.13 bits per heavy atom. The van der Waals surface area contributed by atoms with Crippen molar-refractivity contribution in [1.82, 2.24) is 4.98 Å². The lowest BCUT2D eigenvalue weighted by Gasteiger charge is -2.09. The number of hydrogen-bond donors (Lipinski definition) is 1. The second-order valence-electron chi connectivity index (χ2n) is 4.53. The molecule has 2 rings (SSSR count). The molecule has 1 heterocycles. The van der Waals surface area contributed by atoms with Gasteiger partial charge in [0.05, 0.1) is 13.7 Å². The summed E-state index contributed by atoms with van der Waals surface area (Å²) in [7, 11) is 1.58. The molecule has 0 atom stereocenters. The molecule has 0 fully saturated rings. The summed E-state index contributed by atoms with van der Waals surface area (Å²) in [5.41, 5.74) is 0.837. The van der Waals surface area contributed by atoms with E-state index in [4.69, 9.17) is 9.47 Å². The Hall–Kier alpha value is -2.34. The molecule has 0 bridgehead atoms. The number of aromatic nitrogens is 1. The lowest BCUT2D eigenvalue weighted by atomic mass is 10.2. The molecule has 0 aliphatic carbocycles. The summed E-state index contributed by atoms with van der Waals surface area (Å²) in [4.78, 5) is 16.0. The number of carbonyl (C=O) groups excluding carboxylic acids is 1. The first-order valence-electron chi connectivity index (χ1n) is 7.04. The van der Waals surface area contributed by atoms with E-state index in [2.05, 4.69) is 26.2 Å². The number of nitrogens with one attached hydrogen (secondary N) is 1. The number of carbonyl (C=O) groups is 1. The molecule has 1 N–H and O–H groups in total. The van der Waals surface area contributed by atoms with Gasteiger partial charge in [-0.3, -0.25) is 4.79 Å². The van der Waals surface area contributed by atoms with Crippen LogP contribution in [-0.4, -0.2) is 24.6 Å². The summed E-state index contributed by atoms with van der Waals surface area (Å²) < 4.78 is 11.6. The third kappa shape index (κ3) is 5.10. The fourth-order valence-electron chi connectivity index (χ4n) is 1.85. The summed E-state index contributed by atoms with van der Waals surface area (Å²) in [5, 5.41) is 2.69. The Kier molecular flexibility index (Phi) is 6.17. The van der Waals surface area contributed by atoms with E-state index in [-0.39, 0.29) is 5.91 Å². The number of halogens is 1. The summed E-state index contributed by atoms with van der Waals surface area (Å²) in [6.45, 7) is 2.47. The number of pyridine rings is 1. The van der Waals surface area contributed by atoms with Crippen molar-refractivity contribution in [3.05, 3.63) is 52.6 Å². The minimum Gasteiger partial charge on any atom is -0.493 e. The molecule has 1 aromatic heterocycles. The Morgan fingerprint density at radius 1 is 1.30 bits per heavy atom.